The number of pyridine rings is 1. The average Bonchev–Trinajstić information content (AvgIpc) is 3.37. The van der Waals surface area contributed by atoms with Crippen molar-refractivity contribution in [3.8, 4) is 16.9 Å². The summed E-state index contributed by atoms with van der Waals surface area (Å²) in [5, 5.41) is 2.60. The highest BCUT2D eigenvalue weighted by Gasteiger charge is 2.31. The molecule has 8 nitrogen and oxygen atoms in total. The lowest BCUT2D eigenvalue weighted by Crippen LogP contribution is -2.33. The predicted molar refractivity (Wildman–Crippen MR) is 128 cm³/mol. The van der Waals surface area contributed by atoms with Gasteiger partial charge in [-0.25, -0.2) is 13.4 Å². The van der Waals surface area contributed by atoms with E-state index in [9.17, 15) is 31.2 Å². The molecule has 0 saturated heterocycles. The fourth-order valence-corrected chi connectivity index (χ4v) is 4.37. The van der Waals surface area contributed by atoms with Crippen LogP contribution in [0.25, 0.3) is 16.9 Å². The quantitative estimate of drug-likeness (QED) is 0.400. The van der Waals surface area contributed by atoms with E-state index in [2.05, 4.69) is 10.3 Å². The first-order valence-electron chi connectivity index (χ1n) is 10.8. The van der Waals surface area contributed by atoms with Gasteiger partial charge >= 0.3 is 6.18 Å². The number of aromatic nitrogens is 2. The molecular weight excluding hydrogens is 511 g/mol. The third-order valence-corrected chi connectivity index (χ3v) is 6.76. The Morgan fingerprint density at radius 2 is 1.81 bits per heavy atom. The van der Waals surface area contributed by atoms with Crippen LogP contribution in [0.15, 0.2) is 81.4 Å². The van der Waals surface area contributed by atoms with E-state index in [1.165, 1.54) is 55.7 Å². The van der Waals surface area contributed by atoms with E-state index >= 15 is 0 Å². The molecule has 2 aromatic carbocycles. The zero-order valence-corrected chi connectivity index (χ0v) is 20.4. The summed E-state index contributed by atoms with van der Waals surface area (Å²) in [6.45, 7) is 1.50. The van der Waals surface area contributed by atoms with Crippen LogP contribution in [0.3, 0.4) is 0 Å². The van der Waals surface area contributed by atoms with Crippen molar-refractivity contribution in [1.82, 2.24) is 14.9 Å². The molecule has 2 aromatic heterocycles. The Balaban J connectivity index is 1.75. The molecule has 2 heterocycles. The molecule has 4 aromatic rings. The number of amides is 1. The number of carbonyl (C=O) groups excluding carboxylic acids is 1. The van der Waals surface area contributed by atoms with E-state index in [0.717, 1.165) is 29.3 Å². The van der Waals surface area contributed by atoms with Gasteiger partial charge in [0.05, 0.1) is 10.5 Å². The summed E-state index contributed by atoms with van der Waals surface area (Å²) in [6.07, 6.45) is -1.13. The minimum atomic E-state index is -4.63. The van der Waals surface area contributed by atoms with E-state index in [0.29, 0.717) is 11.1 Å². The number of alkyl halides is 3. The van der Waals surface area contributed by atoms with E-state index in [1.807, 2.05) is 0 Å². The lowest BCUT2D eigenvalue weighted by molar-refractivity contribution is -0.137. The van der Waals surface area contributed by atoms with Gasteiger partial charge in [-0.2, -0.15) is 13.2 Å². The lowest BCUT2D eigenvalue weighted by Gasteiger charge is -2.17. The molecule has 4 rings (SSSR count). The van der Waals surface area contributed by atoms with Gasteiger partial charge in [0.15, 0.2) is 16.2 Å². The molecule has 0 bridgehead atoms. The van der Waals surface area contributed by atoms with Crippen LogP contribution in [0.1, 0.15) is 27.2 Å². The number of oxazole rings is 1. The van der Waals surface area contributed by atoms with Gasteiger partial charge in [0.25, 0.3) is 11.5 Å². The van der Waals surface area contributed by atoms with Gasteiger partial charge in [0, 0.05) is 29.7 Å². The summed E-state index contributed by atoms with van der Waals surface area (Å²) in [6, 6.07) is 11.4. The highest BCUT2D eigenvalue weighted by molar-refractivity contribution is 7.90. The van der Waals surface area contributed by atoms with Crippen LogP contribution in [0.2, 0.25) is 0 Å². The van der Waals surface area contributed by atoms with E-state index in [1.54, 1.807) is 0 Å². The summed E-state index contributed by atoms with van der Waals surface area (Å²) < 4.78 is 69.3. The first-order chi connectivity index (χ1) is 17.4. The molecule has 12 heteroatoms. The van der Waals surface area contributed by atoms with Crippen molar-refractivity contribution in [3.05, 3.63) is 100.0 Å². The Labute approximate surface area is 209 Å². The van der Waals surface area contributed by atoms with Gasteiger partial charge in [0.1, 0.15) is 17.5 Å². The van der Waals surface area contributed by atoms with Gasteiger partial charge in [0.2, 0.25) is 0 Å². The molecule has 1 amide bonds. The van der Waals surface area contributed by atoms with E-state index in [-0.39, 0.29) is 34.1 Å². The van der Waals surface area contributed by atoms with Crippen LogP contribution in [-0.2, 0) is 22.6 Å². The highest BCUT2D eigenvalue weighted by atomic mass is 32.2. The number of halogens is 3. The molecule has 0 fully saturated rings. The fraction of sp³-hybridized carbons (Fsp3) is 0.160. The molecule has 192 valence electrons. The van der Waals surface area contributed by atoms with E-state index < -0.39 is 33.0 Å². The van der Waals surface area contributed by atoms with Gasteiger partial charge in [-0.15, -0.1) is 0 Å². The minimum absolute atomic E-state index is 0.0287. The predicted octanol–water partition coefficient (Wildman–Crippen LogP) is 4.15. The van der Waals surface area contributed by atoms with Crippen molar-refractivity contribution < 1.29 is 30.8 Å². The Morgan fingerprint density at radius 3 is 2.41 bits per heavy atom. The topological polar surface area (TPSA) is 111 Å². The number of hydrogen-bond acceptors (Lipinski definition) is 6. The Hall–Kier alpha value is -4.19. The number of nitrogens with zero attached hydrogens (tertiary/aromatic N) is 2. The molecule has 37 heavy (non-hydrogen) atoms. The second kappa shape index (κ2) is 9.69. The standard InChI is InChI=1S/C25H20F3N3O5S/c1-15-20(22-13-36-14-30-22)11-21(23(32)29-12-16-6-8-19(9-7-16)37(2,34)35)24(33)31(15)18-5-3-4-17(10-18)25(26,27)28/h3-11,13-14H,12H2,1-2H3,(H,29,32). The summed E-state index contributed by atoms with van der Waals surface area (Å²) in [4.78, 5) is 30.6. The summed E-state index contributed by atoms with van der Waals surface area (Å²) in [7, 11) is -3.39. The Morgan fingerprint density at radius 1 is 1.11 bits per heavy atom. The third kappa shape index (κ3) is 5.48. The molecule has 0 aliphatic carbocycles. The maximum atomic E-state index is 13.4. The largest absolute Gasteiger partial charge is 0.451 e. The molecule has 0 aliphatic rings. The minimum Gasteiger partial charge on any atom is -0.451 e. The smallest absolute Gasteiger partial charge is 0.416 e. The summed E-state index contributed by atoms with van der Waals surface area (Å²) >= 11 is 0. The van der Waals surface area contributed by atoms with Crippen LogP contribution in [0, 0.1) is 6.92 Å². The van der Waals surface area contributed by atoms with Crippen LogP contribution < -0.4 is 10.9 Å². The van der Waals surface area contributed by atoms with Gasteiger partial charge in [-0.3, -0.25) is 14.2 Å². The van der Waals surface area contributed by atoms with Gasteiger partial charge < -0.3 is 9.73 Å². The Kier molecular flexibility index (Phi) is 6.78. The van der Waals surface area contributed by atoms with E-state index in [4.69, 9.17) is 4.42 Å². The molecular formula is C25H20F3N3O5S. The third-order valence-electron chi connectivity index (χ3n) is 5.64. The summed E-state index contributed by atoms with van der Waals surface area (Å²) in [5.74, 6) is -0.775. The second-order valence-electron chi connectivity index (χ2n) is 8.22. The van der Waals surface area contributed by atoms with Crippen LogP contribution in [-0.4, -0.2) is 30.1 Å². The Bertz CT molecular complexity index is 1630. The fourth-order valence-electron chi connectivity index (χ4n) is 3.74. The SMILES string of the molecule is Cc1c(-c2cocn2)cc(C(=O)NCc2ccc(S(C)(=O)=O)cc2)c(=O)n1-c1cccc(C(F)(F)F)c1. The van der Waals surface area contributed by atoms with Crippen LogP contribution >= 0.6 is 0 Å². The maximum Gasteiger partial charge on any atom is 0.416 e. The molecule has 0 spiro atoms. The number of nitrogens with one attached hydrogen (secondary N) is 1. The molecule has 0 radical (unpaired) electrons. The molecule has 1 N–H and O–H groups in total. The molecule has 0 saturated carbocycles. The number of rotatable bonds is 6. The maximum absolute atomic E-state index is 13.4. The van der Waals surface area contributed by atoms with Crippen molar-refractivity contribution in [3.63, 3.8) is 0 Å². The average molecular weight is 532 g/mol. The van der Waals surface area contributed by atoms with Crippen LogP contribution in [0.5, 0.6) is 0 Å². The normalized spacial score (nSPS) is 11.9. The first-order valence-corrected chi connectivity index (χ1v) is 12.7. The van der Waals surface area contributed by atoms with Gasteiger partial charge in [-0.05, 0) is 48.9 Å². The van der Waals surface area contributed by atoms with Gasteiger partial charge in [-0.1, -0.05) is 18.2 Å². The summed E-state index contributed by atoms with van der Waals surface area (Å²) in [5.41, 5.74) is -0.756. The van der Waals surface area contributed by atoms with Crippen molar-refractivity contribution >= 4 is 15.7 Å². The highest BCUT2D eigenvalue weighted by Crippen LogP contribution is 2.31. The number of hydrogen-bond donors (Lipinski definition) is 1. The number of benzene rings is 2. The number of sulfone groups is 1. The zero-order valence-electron chi connectivity index (χ0n) is 19.5. The van der Waals surface area contributed by atoms with Crippen molar-refractivity contribution in [2.75, 3.05) is 6.26 Å². The van der Waals surface area contributed by atoms with Crippen molar-refractivity contribution in [2.24, 2.45) is 0 Å². The molecule has 0 atom stereocenters. The second-order valence-corrected chi connectivity index (χ2v) is 10.2. The molecule has 0 unspecified atom stereocenters. The van der Waals surface area contributed by atoms with Crippen molar-refractivity contribution in [1.29, 1.82) is 0 Å². The van der Waals surface area contributed by atoms with Crippen molar-refractivity contribution in [2.45, 2.75) is 24.5 Å². The lowest BCUT2D eigenvalue weighted by atomic mass is 10.1. The monoisotopic (exact) mass is 531 g/mol. The van der Waals surface area contributed by atoms with Crippen LogP contribution in [0.4, 0.5) is 13.2 Å². The zero-order chi connectivity index (χ0) is 27.0. The number of carbonyl (C=O) groups is 1. The first kappa shape index (κ1) is 25.9. The molecule has 0 aliphatic heterocycles.